The highest BCUT2D eigenvalue weighted by Crippen LogP contribution is 2.20. The summed E-state index contributed by atoms with van der Waals surface area (Å²) in [4.78, 5) is 0. The second-order valence-corrected chi connectivity index (χ2v) is 5.92. The molecule has 1 aromatic rings. The van der Waals surface area contributed by atoms with Gasteiger partial charge in [-0.3, -0.25) is 0 Å². The van der Waals surface area contributed by atoms with Gasteiger partial charge in [-0.2, -0.15) is 0 Å². The van der Waals surface area contributed by atoms with E-state index in [-0.39, 0.29) is 6.61 Å². The van der Waals surface area contributed by atoms with E-state index >= 15 is 0 Å². The molecule has 0 aliphatic rings. The quantitative estimate of drug-likeness (QED) is 0.463. The van der Waals surface area contributed by atoms with E-state index in [1.807, 2.05) is 12.1 Å². The fourth-order valence-corrected chi connectivity index (χ4v) is 2.54. The second kappa shape index (κ2) is 15.4. The number of aliphatic hydroxyl groups excluding tert-OH is 1. The van der Waals surface area contributed by atoms with Crippen molar-refractivity contribution in [1.82, 2.24) is 0 Å². The summed E-state index contributed by atoms with van der Waals surface area (Å²) in [7, 11) is 0. The smallest absolute Gasteiger partial charge is 0.122 e. The van der Waals surface area contributed by atoms with Crippen LogP contribution in [0.2, 0.25) is 0 Å². The van der Waals surface area contributed by atoms with E-state index in [2.05, 4.69) is 19.1 Å². The number of rotatable bonds is 16. The molecule has 0 heterocycles. The van der Waals surface area contributed by atoms with Gasteiger partial charge in [0.25, 0.3) is 0 Å². The van der Waals surface area contributed by atoms with Gasteiger partial charge < -0.3 is 19.3 Å². The molecule has 0 spiro atoms. The molecule has 0 bridgehead atoms. The Hall–Kier alpha value is -1.10. The van der Waals surface area contributed by atoms with E-state index in [0.29, 0.717) is 33.0 Å². The molecule has 138 valence electrons. The molecule has 0 saturated carbocycles. The highest BCUT2D eigenvalue weighted by atomic mass is 16.5. The van der Waals surface area contributed by atoms with E-state index in [1.54, 1.807) is 0 Å². The first-order chi connectivity index (χ1) is 11.9. The standard InChI is InChI=1S/C20H34O4/c1-2-3-4-5-6-7-10-19-11-8-9-12-20(19)24-18-17-23-16-15-22-14-13-21/h8-9,11-12,21H,2-7,10,13-18H2,1H3. The van der Waals surface area contributed by atoms with Crippen molar-refractivity contribution in [1.29, 1.82) is 0 Å². The monoisotopic (exact) mass is 338 g/mol. The van der Waals surface area contributed by atoms with E-state index in [1.165, 1.54) is 44.1 Å². The van der Waals surface area contributed by atoms with Gasteiger partial charge in [0.05, 0.1) is 33.0 Å². The minimum Gasteiger partial charge on any atom is -0.491 e. The van der Waals surface area contributed by atoms with Crippen molar-refractivity contribution in [2.75, 3.05) is 39.6 Å². The lowest BCUT2D eigenvalue weighted by atomic mass is 10.0. The predicted octanol–water partition coefficient (Wildman–Crippen LogP) is 3.99. The summed E-state index contributed by atoms with van der Waals surface area (Å²) in [6.45, 7) is 4.81. The maximum Gasteiger partial charge on any atom is 0.122 e. The number of aryl methyl sites for hydroxylation is 1. The molecule has 0 aromatic heterocycles. The molecule has 0 radical (unpaired) electrons. The van der Waals surface area contributed by atoms with Crippen LogP contribution in [0.5, 0.6) is 5.75 Å². The molecule has 0 unspecified atom stereocenters. The SMILES string of the molecule is CCCCCCCCc1ccccc1OCCOCCOCCO. The fourth-order valence-electron chi connectivity index (χ4n) is 2.54. The van der Waals surface area contributed by atoms with Gasteiger partial charge >= 0.3 is 0 Å². The van der Waals surface area contributed by atoms with Gasteiger partial charge in [-0.1, -0.05) is 57.2 Å². The second-order valence-electron chi connectivity index (χ2n) is 5.92. The van der Waals surface area contributed by atoms with Crippen LogP contribution in [0.4, 0.5) is 0 Å². The molecular weight excluding hydrogens is 304 g/mol. The van der Waals surface area contributed by atoms with Gasteiger partial charge in [-0.25, -0.2) is 0 Å². The van der Waals surface area contributed by atoms with Gasteiger partial charge in [-0.05, 0) is 24.5 Å². The van der Waals surface area contributed by atoms with E-state index in [0.717, 1.165) is 12.2 Å². The van der Waals surface area contributed by atoms with Crippen molar-refractivity contribution < 1.29 is 19.3 Å². The van der Waals surface area contributed by atoms with Crippen molar-refractivity contribution in [3.63, 3.8) is 0 Å². The summed E-state index contributed by atoms with van der Waals surface area (Å²) in [5.74, 6) is 0.978. The highest BCUT2D eigenvalue weighted by molar-refractivity contribution is 5.33. The van der Waals surface area contributed by atoms with Gasteiger partial charge in [-0.15, -0.1) is 0 Å². The third-order valence-corrected chi connectivity index (χ3v) is 3.87. The molecule has 24 heavy (non-hydrogen) atoms. The number of hydrogen-bond donors (Lipinski definition) is 1. The predicted molar refractivity (Wildman–Crippen MR) is 97.7 cm³/mol. The summed E-state index contributed by atoms with van der Waals surface area (Å²) in [5.41, 5.74) is 1.29. The van der Waals surface area contributed by atoms with Crippen LogP contribution in [0.1, 0.15) is 51.0 Å². The molecule has 0 amide bonds. The van der Waals surface area contributed by atoms with Crippen molar-refractivity contribution in [2.24, 2.45) is 0 Å². The third kappa shape index (κ3) is 10.6. The summed E-state index contributed by atoms with van der Waals surface area (Å²) >= 11 is 0. The van der Waals surface area contributed by atoms with Crippen LogP contribution in [0, 0.1) is 0 Å². The Kier molecular flexibility index (Phi) is 13.5. The topological polar surface area (TPSA) is 47.9 Å². The zero-order chi connectivity index (χ0) is 17.3. The van der Waals surface area contributed by atoms with Crippen LogP contribution in [-0.4, -0.2) is 44.7 Å². The van der Waals surface area contributed by atoms with Gasteiger partial charge in [0, 0.05) is 0 Å². The molecule has 1 rings (SSSR count). The number of benzene rings is 1. The first-order valence-electron chi connectivity index (χ1n) is 9.35. The average Bonchev–Trinajstić information content (AvgIpc) is 2.61. The Bertz CT molecular complexity index is 395. The number of unbranched alkanes of at least 4 members (excludes halogenated alkanes) is 5. The maximum absolute atomic E-state index is 8.59. The van der Waals surface area contributed by atoms with Gasteiger partial charge in [0.1, 0.15) is 12.4 Å². The largest absolute Gasteiger partial charge is 0.491 e. The number of ether oxygens (including phenoxy) is 3. The van der Waals surface area contributed by atoms with Crippen LogP contribution in [0.15, 0.2) is 24.3 Å². The van der Waals surface area contributed by atoms with Crippen molar-refractivity contribution in [3.8, 4) is 5.75 Å². The van der Waals surface area contributed by atoms with E-state index in [4.69, 9.17) is 19.3 Å². The molecule has 4 nitrogen and oxygen atoms in total. The Morgan fingerprint density at radius 1 is 0.792 bits per heavy atom. The van der Waals surface area contributed by atoms with E-state index < -0.39 is 0 Å². The van der Waals surface area contributed by atoms with Crippen LogP contribution in [-0.2, 0) is 15.9 Å². The lowest BCUT2D eigenvalue weighted by molar-refractivity contribution is 0.0246. The lowest BCUT2D eigenvalue weighted by Crippen LogP contribution is -2.12. The minimum atomic E-state index is 0.0541. The molecule has 0 aliphatic carbocycles. The third-order valence-electron chi connectivity index (χ3n) is 3.87. The Labute approximate surface area is 147 Å². The van der Waals surface area contributed by atoms with Crippen molar-refractivity contribution in [2.45, 2.75) is 51.9 Å². The molecule has 1 aromatic carbocycles. The molecule has 0 atom stereocenters. The average molecular weight is 338 g/mol. The molecule has 4 heteroatoms. The zero-order valence-electron chi connectivity index (χ0n) is 15.2. The Balaban J connectivity index is 2.14. The van der Waals surface area contributed by atoms with Crippen molar-refractivity contribution >= 4 is 0 Å². The molecule has 0 fully saturated rings. The van der Waals surface area contributed by atoms with Crippen molar-refractivity contribution in [3.05, 3.63) is 29.8 Å². The normalized spacial score (nSPS) is 10.9. The van der Waals surface area contributed by atoms with Crippen LogP contribution in [0.25, 0.3) is 0 Å². The first kappa shape index (κ1) is 20.9. The highest BCUT2D eigenvalue weighted by Gasteiger charge is 2.03. The summed E-state index contributed by atoms with van der Waals surface area (Å²) in [5, 5.41) is 8.59. The van der Waals surface area contributed by atoms with Gasteiger partial charge in [0.15, 0.2) is 0 Å². The molecule has 1 N–H and O–H groups in total. The zero-order valence-corrected chi connectivity index (χ0v) is 15.2. The fraction of sp³-hybridized carbons (Fsp3) is 0.700. The minimum absolute atomic E-state index is 0.0541. The summed E-state index contributed by atoms with van der Waals surface area (Å²) in [6.07, 6.45) is 8.94. The number of hydrogen-bond acceptors (Lipinski definition) is 4. The lowest BCUT2D eigenvalue weighted by Gasteiger charge is -2.12. The van der Waals surface area contributed by atoms with E-state index in [9.17, 15) is 0 Å². The maximum atomic E-state index is 8.59. The summed E-state index contributed by atoms with van der Waals surface area (Å²) < 4.78 is 16.4. The van der Waals surface area contributed by atoms with Crippen LogP contribution in [0.3, 0.4) is 0 Å². The van der Waals surface area contributed by atoms with Crippen LogP contribution >= 0.6 is 0 Å². The number of para-hydroxylation sites is 1. The first-order valence-corrected chi connectivity index (χ1v) is 9.35. The molecule has 0 saturated heterocycles. The molecular formula is C20H34O4. The number of aliphatic hydroxyl groups is 1. The van der Waals surface area contributed by atoms with Crippen LogP contribution < -0.4 is 4.74 Å². The summed E-state index contributed by atoms with van der Waals surface area (Å²) in [6, 6.07) is 8.29. The Morgan fingerprint density at radius 3 is 2.25 bits per heavy atom. The molecule has 0 aliphatic heterocycles. The van der Waals surface area contributed by atoms with Gasteiger partial charge in [0.2, 0.25) is 0 Å². The Morgan fingerprint density at radius 2 is 1.46 bits per heavy atom.